The number of ether oxygens (including phenoxy) is 4. The largest absolute Gasteiger partial charge is 0.465 e. The van der Waals surface area contributed by atoms with Gasteiger partial charge in [0.15, 0.2) is 6.23 Å². The van der Waals surface area contributed by atoms with Crippen molar-refractivity contribution in [3.8, 4) is 0 Å². The van der Waals surface area contributed by atoms with Gasteiger partial charge in [-0.15, -0.1) is 0 Å². The molecular formula is C16H26N2O7. The number of hydrogen-bond acceptors (Lipinski definition) is 7. The lowest BCUT2D eigenvalue weighted by atomic mass is 10.3. The summed E-state index contributed by atoms with van der Waals surface area (Å²) in [6, 6.07) is -0.611. The van der Waals surface area contributed by atoms with E-state index in [9.17, 15) is 14.4 Å². The summed E-state index contributed by atoms with van der Waals surface area (Å²) in [5, 5.41) is 0. The summed E-state index contributed by atoms with van der Waals surface area (Å²) in [5.74, 6) is -1.26. The lowest BCUT2D eigenvalue weighted by molar-refractivity contribution is -0.178. The van der Waals surface area contributed by atoms with Gasteiger partial charge in [-0.05, 0) is 33.8 Å². The van der Waals surface area contributed by atoms with Crippen LogP contribution in [-0.4, -0.2) is 73.2 Å². The molecular weight excluding hydrogens is 332 g/mol. The van der Waals surface area contributed by atoms with Gasteiger partial charge in [0.1, 0.15) is 6.54 Å². The molecule has 2 amide bonds. The van der Waals surface area contributed by atoms with E-state index in [0.717, 1.165) is 9.80 Å². The highest BCUT2D eigenvalue weighted by atomic mass is 16.6. The SMILES string of the molecule is CCOC(=O)CN1C=CC(OCC)N(C(OCC)C(=O)OCC)C1=O. The van der Waals surface area contributed by atoms with Gasteiger partial charge in [-0.1, -0.05) is 0 Å². The van der Waals surface area contributed by atoms with Gasteiger partial charge in [-0.3, -0.25) is 14.6 Å². The fourth-order valence-electron chi connectivity index (χ4n) is 2.23. The minimum absolute atomic E-state index is 0.145. The molecule has 0 saturated carbocycles. The Balaban J connectivity index is 3.07. The number of urea groups is 1. The molecule has 1 heterocycles. The quantitative estimate of drug-likeness (QED) is 0.540. The van der Waals surface area contributed by atoms with E-state index in [2.05, 4.69) is 0 Å². The summed E-state index contributed by atoms with van der Waals surface area (Å²) in [5.41, 5.74) is 0. The molecule has 0 aromatic heterocycles. The van der Waals surface area contributed by atoms with Crippen LogP contribution in [0.5, 0.6) is 0 Å². The summed E-state index contributed by atoms with van der Waals surface area (Å²) in [6.45, 7) is 7.38. The third-order valence-electron chi connectivity index (χ3n) is 3.18. The number of hydrogen-bond donors (Lipinski definition) is 0. The van der Waals surface area contributed by atoms with E-state index in [1.807, 2.05) is 0 Å². The topological polar surface area (TPSA) is 94.6 Å². The van der Waals surface area contributed by atoms with E-state index in [-0.39, 0.29) is 26.4 Å². The van der Waals surface area contributed by atoms with Crippen molar-refractivity contribution < 1.29 is 33.3 Å². The molecule has 0 aromatic rings. The molecule has 2 atom stereocenters. The average Bonchev–Trinajstić information content (AvgIpc) is 2.57. The Hall–Kier alpha value is -2.13. The van der Waals surface area contributed by atoms with E-state index < -0.39 is 30.4 Å². The molecule has 2 unspecified atom stereocenters. The standard InChI is InChI=1S/C16H26N2O7/c1-5-22-12-9-10-17(11-13(19)23-6-2)16(21)18(12)14(24-7-3)15(20)25-8-4/h9-10,12,14H,5-8,11H2,1-4H3. The highest BCUT2D eigenvalue weighted by molar-refractivity contribution is 5.87. The van der Waals surface area contributed by atoms with Gasteiger partial charge in [0.2, 0.25) is 6.23 Å². The van der Waals surface area contributed by atoms with E-state index in [0.29, 0.717) is 6.61 Å². The number of carbonyl (C=O) groups excluding carboxylic acids is 3. The van der Waals surface area contributed by atoms with Crippen molar-refractivity contribution in [2.45, 2.75) is 40.2 Å². The maximum absolute atomic E-state index is 12.8. The molecule has 1 aliphatic rings. The first-order chi connectivity index (χ1) is 12.0. The van der Waals surface area contributed by atoms with E-state index in [4.69, 9.17) is 18.9 Å². The second kappa shape index (κ2) is 10.7. The molecule has 25 heavy (non-hydrogen) atoms. The van der Waals surface area contributed by atoms with Crippen LogP contribution >= 0.6 is 0 Å². The predicted molar refractivity (Wildman–Crippen MR) is 87.2 cm³/mol. The van der Waals surface area contributed by atoms with Crippen molar-refractivity contribution in [2.75, 3.05) is 33.0 Å². The zero-order valence-electron chi connectivity index (χ0n) is 15.1. The molecule has 0 N–H and O–H groups in total. The average molecular weight is 358 g/mol. The van der Waals surface area contributed by atoms with E-state index in [1.54, 1.807) is 33.8 Å². The van der Waals surface area contributed by atoms with Crippen LogP contribution in [0.1, 0.15) is 27.7 Å². The highest BCUT2D eigenvalue weighted by Crippen LogP contribution is 2.20. The van der Waals surface area contributed by atoms with Gasteiger partial charge in [-0.25, -0.2) is 9.59 Å². The molecule has 0 saturated heterocycles. The minimum Gasteiger partial charge on any atom is -0.465 e. The van der Waals surface area contributed by atoms with Crippen LogP contribution in [-0.2, 0) is 28.5 Å². The summed E-state index contributed by atoms with van der Waals surface area (Å²) in [4.78, 5) is 39.0. The Morgan fingerprint density at radius 1 is 1.08 bits per heavy atom. The molecule has 9 nitrogen and oxygen atoms in total. The van der Waals surface area contributed by atoms with Gasteiger partial charge >= 0.3 is 18.0 Å². The molecule has 1 rings (SSSR count). The van der Waals surface area contributed by atoms with Crippen molar-refractivity contribution in [2.24, 2.45) is 0 Å². The Morgan fingerprint density at radius 2 is 1.76 bits per heavy atom. The predicted octanol–water partition coefficient (Wildman–Crippen LogP) is 1.09. The van der Waals surface area contributed by atoms with E-state index >= 15 is 0 Å². The highest BCUT2D eigenvalue weighted by Gasteiger charge is 2.41. The van der Waals surface area contributed by atoms with Gasteiger partial charge < -0.3 is 18.9 Å². The zero-order valence-corrected chi connectivity index (χ0v) is 15.1. The number of esters is 2. The van der Waals surface area contributed by atoms with Gasteiger partial charge in [-0.2, -0.15) is 0 Å². The van der Waals surface area contributed by atoms with Gasteiger partial charge in [0.25, 0.3) is 0 Å². The summed E-state index contributed by atoms with van der Waals surface area (Å²) >= 11 is 0. The first kappa shape index (κ1) is 20.9. The summed E-state index contributed by atoms with van der Waals surface area (Å²) in [7, 11) is 0. The van der Waals surface area contributed by atoms with Crippen LogP contribution in [0.3, 0.4) is 0 Å². The molecule has 0 bridgehead atoms. The number of carbonyl (C=O) groups is 3. The first-order valence-electron chi connectivity index (χ1n) is 8.32. The molecule has 0 radical (unpaired) electrons. The maximum Gasteiger partial charge on any atom is 0.356 e. The Morgan fingerprint density at radius 3 is 2.32 bits per heavy atom. The molecule has 0 spiro atoms. The second-order valence-electron chi connectivity index (χ2n) is 4.87. The van der Waals surface area contributed by atoms with Crippen LogP contribution in [0.25, 0.3) is 0 Å². The third-order valence-corrected chi connectivity index (χ3v) is 3.18. The van der Waals surface area contributed by atoms with E-state index in [1.165, 1.54) is 6.20 Å². The van der Waals surface area contributed by atoms with Crippen LogP contribution < -0.4 is 0 Å². The number of amides is 2. The smallest absolute Gasteiger partial charge is 0.356 e. The lowest BCUT2D eigenvalue weighted by Crippen LogP contribution is -2.58. The van der Waals surface area contributed by atoms with Crippen molar-refractivity contribution in [1.29, 1.82) is 0 Å². The van der Waals surface area contributed by atoms with Crippen molar-refractivity contribution in [1.82, 2.24) is 9.80 Å². The van der Waals surface area contributed by atoms with Crippen LogP contribution in [0.4, 0.5) is 4.79 Å². The molecule has 0 fully saturated rings. The van der Waals surface area contributed by atoms with Gasteiger partial charge in [0, 0.05) is 19.4 Å². The molecule has 142 valence electrons. The second-order valence-corrected chi connectivity index (χ2v) is 4.87. The van der Waals surface area contributed by atoms with Crippen molar-refractivity contribution in [3.05, 3.63) is 12.3 Å². The molecule has 0 aliphatic carbocycles. The first-order valence-corrected chi connectivity index (χ1v) is 8.32. The van der Waals surface area contributed by atoms with Crippen LogP contribution in [0.2, 0.25) is 0 Å². The lowest BCUT2D eigenvalue weighted by Gasteiger charge is -2.39. The van der Waals surface area contributed by atoms with Crippen molar-refractivity contribution in [3.63, 3.8) is 0 Å². The van der Waals surface area contributed by atoms with Crippen molar-refractivity contribution >= 4 is 18.0 Å². The summed E-state index contributed by atoms with van der Waals surface area (Å²) < 4.78 is 20.8. The summed E-state index contributed by atoms with van der Waals surface area (Å²) in [6.07, 6.45) is 0.917. The number of nitrogens with zero attached hydrogens (tertiary/aromatic N) is 2. The van der Waals surface area contributed by atoms with Crippen LogP contribution in [0.15, 0.2) is 12.3 Å². The Bertz CT molecular complexity index is 495. The zero-order chi connectivity index (χ0) is 18.8. The molecule has 1 aliphatic heterocycles. The maximum atomic E-state index is 12.8. The fraction of sp³-hybridized carbons (Fsp3) is 0.688. The Kier molecular flexibility index (Phi) is 8.93. The monoisotopic (exact) mass is 358 g/mol. The van der Waals surface area contributed by atoms with Gasteiger partial charge in [0.05, 0.1) is 13.2 Å². The Labute approximate surface area is 147 Å². The number of rotatable bonds is 10. The molecule has 9 heteroatoms. The third kappa shape index (κ3) is 5.71. The van der Waals surface area contributed by atoms with Crippen LogP contribution in [0, 0.1) is 0 Å². The minimum atomic E-state index is -1.27. The fourth-order valence-corrected chi connectivity index (χ4v) is 2.23. The molecule has 0 aromatic carbocycles. The normalized spacial score (nSPS) is 18.2.